The van der Waals surface area contributed by atoms with E-state index in [9.17, 15) is 19.2 Å². The SMILES string of the molecule is CCOC(=O)CNC(=O)NC(=O)CCC(=O)O. The van der Waals surface area contributed by atoms with Crippen LogP contribution in [0.4, 0.5) is 4.79 Å². The van der Waals surface area contributed by atoms with Gasteiger partial charge in [0.15, 0.2) is 0 Å². The molecule has 96 valence electrons. The Hall–Kier alpha value is -2.12. The van der Waals surface area contributed by atoms with Gasteiger partial charge in [-0.05, 0) is 6.92 Å². The molecule has 0 aromatic heterocycles. The highest BCUT2D eigenvalue weighted by Gasteiger charge is 2.10. The number of carbonyl (C=O) groups excluding carboxylic acids is 3. The molecule has 0 spiro atoms. The van der Waals surface area contributed by atoms with Crippen LogP contribution in [0.3, 0.4) is 0 Å². The van der Waals surface area contributed by atoms with Crippen LogP contribution in [0.25, 0.3) is 0 Å². The third-order valence-corrected chi connectivity index (χ3v) is 1.52. The second kappa shape index (κ2) is 8.08. The van der Waals surface area contributed by atoms with Gasteiger partial charge in [0, 0.05) is 6.42 Å². The van der Waals surface area contributed by atoms with Crippen LogP contribution in [0.1, 0.15) is 19.8 Å². The zero-order valence-electron chi connectivity index (χ0n) is 9.32. The predicted molar refractivity (Wildman–Crippen MR) is 55.0 cm³/mol. The number of imide groups is 1. The van der Waals surface area contributed by atoms with E-state index in [1.807, 2.05) is 5.32 Å². The standard InChI is InChI=1S/C9H14N2O6/c1-2-17-8(15)5-10-9(16)11-6(12)3-4-7(13)14/h2-5H2,1H3,(H,13,14)(H2,10,11,12,16). The minimum absolute atomic E-state index is 0.194. The van der Waals surface area contributed by atoms with Crippen LogP contribution in [0.5, 0.6) is 0 Å². The van der Waals surface area contributed by atoms with Gasteiger partial charge in [0.1, 0.15) is 6.54 Å². The van der Waals surface area contributed by atoms with Gasteiger partial charge < -0.3 is 15.2 Å². The average Bonchev–Trinajstić information content (AvgIpc) is 2.24. The number of hydrogen-bond acceptors (Lipinski definition) is 5. The largest absolute Gasteiger partial charge is 0.481 e. The number of amides is 3. The molecule has 0 aliphatic heterocycles. The maximum Gasteiger partial charge on any atom is 0.325 e. The summed E-state index contributed by atoms with van der Waals surface area (Å²) >= 11 is 0. The molecule has 0 aliphatic rings. The normalized spacial score (nSPS) is 9.24. The van der Waals surface area contributed by atoms with Crippen LogP contribution in [0.15, 0.2) is 0 Å². The van der Waals surface area contributed by atoms with Gasteiger partial charge in [-0.2, -0.15) is 0 Å². The number of ether oxygens (including phenoxy) is 1. The fraction of sp³-hybridized carbons (Fsp3) is 0.556. The lowest BCUT2D eigenvalue weighted by Crippen LogP contribution is -2.42. The fourth-order valence-electron chi connectivity index (χ4n) is 0.818. The van der Waals surface area contributed by atoms with Crippen LogP contribution < -0.4 is 10.6 Å². The molecule has 8 nitrogen and oxygen atoms in total. The Balaban J connectivity index is 3.74. The number of esters is 1. The quantitative estimate of drug-likeness (QED) is 0.529. The van der Waals surface area contributed by atoms with Crippen molar-refractivity contribution in [2.45, 2.75) is 19.8 Å². The third-order valence-electron chi connectivity index (χ3n) is 1.52. The van der Waals surface area contributed by atoms with E-state index in [2.05, 4.69) is 10.1 Å². The van der Waals surface area contributed by atoms with Gasteiger partial charge in [-0.1, -0.05) is 0 Å². The topological polar surface area (TPSA) is 122 Å². The molecule has 0 rings (SSSR count). The Labute approximate surface area is 97.3 Å². The molecule has 0 atom stereocenters. The highest BCUT2D eigenvalue weighted by molar-refractivity contribution is 5.96. The van der Waals surface area contributed by atoms with Gasteiger partial charge in [0.2, 0.25) is 5.91 Å². The van der Waals surface area contributed by atoms with E-state index < -0.39 is 23.9 Å². The molecule has 0 saturated carbocycles. The zero-order chi connectivity index (χ0) is 13.3. The molecule has 0 fully saturated rings. The van der Waals surface area contributed by atoms with Crippen molar-refractivity contribution in [1.82, 2.24) is 10.6 Å². The van der Waals surface area contributed by atoms with Gasteiger partial charge in [-0.3, -0.25) is 19.7 Å². The van der Waals surface area contributed by atoms with E-state index in [0.29, 0.717) is 0 Å². The van der Waals surface area contributed by atoms with Crippen molar-refractivity contribution in [1.29, 1.82) is 0 Å². The molecule has 0 radical (unpaired) electrons. The molecule has 0 bridgehead atoms. The van der Waals surface area contributed by atoms with Gasteiger partial charge in [-0.15, -0.1) is 0 Å². The van der Waals surface area contributed by atoms with Crippen molar-refractivity contribution >= 4 is 23.9 Å². The Morgan fingerprint density at radius 2 is 1.82 bits per heavy atom. The Kier molecular flexibility index (Phi) is 7.07. The number of rotatable bonds is 6. The number of urea groups is 1. The molecular weight excluding hydrogens is 232 g/mol. The Bertz CT molecular complexity index is 315. The number of aliphatic carboxylic acids is 1. The summed E-state index contributed by atoms with van der Waals surface area (Å²) in [6.07, 6.45) is -0.668. The van der Waals surface area contributed by atoms with Crippen LogP contribution in [0, 0.1) is 0 Å². The summed E-state index contributed by atoms with van der Waals surface area (Å²) in [7, 11) is 0. The van der Waals surface area contributed by atoms with Crippen molar-refractivity contribution in [2.75, 3.05) is 13.2 Å². The number of nitrogens with one attached hydrogen (secondary N) is 2. The summed E-state index contributed by atoms with van der Waals surface area (Å²) in [5.74, 6) is -2.48. The smallest absolute Gasteiger partial charge is 0.325 e. The van der Waals surface area contributed by atoms with Crippen LogP contribution >= 0.6 is 0 Å². The third kappa shape index (κ3) is 8.85. The number of hydrogen-bond donors (Lipinski definition) is 3. The summed E-state index contributed by atoms with van der Waals surface area (Å²) < 4.78 is 4.53. The van der Waals surface area contributed by atoms with Gasteiger partial charge >= 0.3 is 18.0 Å². The number of carboxylic acids is 1. The first-order valence-corrected chi connectivity index (χ1v) is 4.90. The summed E-state index contributed by atoms with van der Waals surface area (Å²) in [5.41, 5.74) is 0. The van der Waals surface area contributed by atoms with Gasteiger partial charge in [-0.25, -0.2) is 4.79 Å². The highest BCUT2D eigenvalue weighted by atomic mass is 16.5. The summed E-state index contributed by atoms with van der Waals surface area (Å²) in [6, 6.07) is -0.867. The molecule has 0 unspecified atom stereocenters. The van der Waals surface area contributed by atoms with Crippen molar-refractivity contribution in [3.05, 3.63) is 0 Å². The van der Waals surface area contributed by atoms with E-state index in [-0.39, 0.29) is 26.0 Å². The predicted octanol–water partition coefficient (Wildman–Crippen LogP) is -0.760. The van der Waals surface area contributed by atoms with E-state index >= 15 is 0 Å². The summed E-state index contributed by atoms with van der Waals surface area (Å²) in [6.45, 7) is 1.46. The first-order chi connectivity index (χ1) is 7.95. The lowest BCUT2D eigenvalue weighted by Gasteiger charge is -2.05. The number of carbonyl (C=O) groups is 4. The monoisotopic (exact) mass is 246 g/mol. The first kappa shape index (κ1) is 14.9. The van der Waals surface area contributed by atoms with Crippen LogP contribution in [-0.2, 0) is 19.1 Å². The van der Waals surface area contributed by atoms with Crippen LogP contribution in [0.2, 0.25) is 0 Å². The molecule has 3 amide bonds. The van der Waals surface area contributed by atoms with Crippen molar-refractivity contribution in [3.8, 4) is 0 Å². The Morgan fingerprint density at radius 3 is 2.35 bits per heavy atom. The maximum absolute atomic E-state index is 11.0. The van der Waals surface area contributed by atoms with Gasteiger partial charge in [0.05, 0.1) is 13.0 Å². The van der Waals surface area contributed by atoms with E-state index in [0.717, 1.165) is 0 Å². The second-order valence-electron chi connectivity index (χ2n) is 2.93. The van der Waals surface area contributed by atoms with E-state index in [4.69, 9.17) is 5.11 Å². The fourth-order valence-corrected chi connectivity index (χ4v) is 0.818. The maximum atomic E-state index is 11.0. The molecule has 17 heavy (non-hydrogen) atoms. The molecule has 0 saturated heterocycles. The minimum atomic E-state index is -1.13. The molecule has 3 N–H and O–H groups in total. The van der Waals surface area contributed by atoms with Crippen molar-refractivity contribution in [3.63, 3.8) is 0 Å². The van der Waals surface area contributed by atoms with E-state index in [1.165, 1.54) is 0 Å². The zero-order valence-corrected chi connectivity index (χ0v) is 9.32. The molecular formula is C9H14N2O6. The second-order valence-corrected chi connectivity index (χ2v) is 2.93. The van der Waals surface area contributed by atoms with Crippen molar-refractivity contribution in [2.24, 2.45) is 0 Å². The lowest BCUT2D eigenvalue weighted by atomic mass is 10.3. The van der Waals surface area contributed by atoms with Crippen LogP contribution in [-0.4, -0.2) is 42.1 Å². The van der Waals surface area contributed by atoms with E-state index in [1.54, 1.807) is 6.92 Å². The number of carboxylic acid groups (broad SMARTS) is 1. The lowest BCUT2D eigenvalue weighted by molar-refractivity contribution is -0.141. The Morgan fingerprint density at radius 1 is 1.18 bits per heavy atom. The van der Waals surface area contributed by atoms with Crippen molar-refractivity contribution < 1.29 is 29.0 Å². The minimum Gasteiger partial charge on any atom is -0.481 e. The summed E-state index contributed by atoms with van der Waals surface area (Å²) in [5, 5.41) is 12.3. The first-order valence-electron chi connectivity index (χ1n) is 4.90. The molecule has 8 heteroatoms. The van der Waals surface area contributed by atoms with Gasteiger partial charge in [0.25, 0.3) is 0 Å². The molecule has 0 aromatic carbocycles. The molecule has 0 aromatic rings. The average molecular weight is 246 g/mol. The molecule has 0 aliphatic carbocycles. The molecule has 0 heterocycles. The summed E-state index contributed by atoms with van der Waals surface area (Å²) in [4.78, 5) is 42.9. The highest BCUT2D eigenvalue weighted by Crippen LogP contribution is 1.88.